The number of piperazine rings is 1. The Kier molecular flexibility index (Phi) is 5.77. The van der Waals surface area contributed by atoms with E-state index in [9.17, 15) is 18.0 Å². The van der Waals surface area contributed by atoms with Crippen molar-refractivity contribution in [1.29, 1.82) is 0 Å². The molecule has 0 aliphatic carbocycles. The normalized spacial score (nSPS) is 16.8. The van der Waals surface area contributed by atoms with E-state index in [0.29, 0.717) is 0 Å². The average Bonchev–Trinajstić information content (AvgIpc) is 3.16. The highest BCUT2D eigenvalue weighted by atomic mass is 32.2. The minimum Gasteiger partial charge on any atom is -0.354 e. The van der Waals surface area contributed by atoms with Gasteiger partial charge in [-0.2, -0.15) is 17.4 Å². The molecule has 8 nitrogen and oxygen atoms in total. The van der Waals surface area contributed by atoms with Crippen LogP contribution in [0.4, 0.5) is 0 Å². The number of amides is 1. The Hall–Kier alpha value is -2.14. The summed E-state index contributed by atoms with van der Waals surface area (Å²) in [6.07, 6.45) is 0.177. The molecule has 0 bridgehead atoms. The number of ketones is 1. The van der Waals surface area contributed by atoms with Crippen LogP contribution in [0.3, 0.4) is 0 Å². The minimum atomic E-state index is -4.00. The molecule has 2 aromatic rings. The molecule has 137 valence electrons. The van der Waals surface area contributed by atoms with Crippen LogP contribution in [0.15, 0.2) is 35.7 Å². The fraction of sp³-hybridized carbons (Fsp3) is 0.312. The Bertz CT molecular complexity index is 869. The lowest BCUT2D eigenvalue weighted by atomic mass is 10.0. The SMILES string of the molecule is O=C1CN(S(=O)(=O)N[C@@H](Cc2ccccc2)C(=O)c2cs[c]n2)CCN1. The third-order valence-corrected chi connectivity index (χ3v) is 5.99. The van der Waals surface area contributed by atoms with Crippen molar-refractivity contribution >= 4 is 33.2 Å². The zero-order valence-corrected chi connectivity index (χ0v) is 15.3. The molecule has 1 aromatic heterocycles. The number of hydrogen-bond acceptors (Lipinski definition) is 6. The van der Waals surface area contributed by atoms with E-state index in [-0.39, 0.29) is 37.7 Å². The lowest BCUT2D eigenvalue weighted by molar-refractivity contribution is -0.122. The van der Waals surface area contributed by atoms with Crippen molar-refractivity contribution in [3.8, 4) is 0 Å². The first kappa shape index (κ1) is 18.6. The maximum Gasteiger partial charge on any atom is 0.280 e. The quantitative estimate of drug-likeness (QED) is 0.644. The molecule has 3 rings (SSSR count). The van der Waals surface area contributed by atoms with E-state index >= 15 is 0 Å². The molecule has 1 radical (unpaired) electrons. The van der Waals surface area contributed by atoms with E-state index < -0.39 is 22.0 Å². The van der Waals surface area contributed by atoms with Crippen LogP contribution >= 0.6 is 11.3 Å². The van der Waals surface area contributed by atoms with Gasteiger partial charge in [-0.3, -0.25) is 9.59 Å². The lowest BCUT2D eigenvalue weighted by Crippen LogP contribution is -2.56. The summed E-state index contributed by atoms with van der Waals surface area (Å²) >= 11 is 1.14. The Morgan fingerprint density at radius 1 is 1.38 bits per heavy atom. The number of aromatic nitrogens is 1. The van der Waals surface area contributed by atoms with Gasteiger partial charge in [-0.25, -0.2) is 4.98 Å². The molecule has 1 amide bonds. The fourth-order valence-corrected chi connectivity index (χ4v) is 4.39. The van der Waals surface area contributed by atoms with Crippen molar-refractivity contribution in [3.63, 3.8) is 0 Å². The molecule has 0 saturated carbocycles. The van der Waals surface area contributed by atoms with Gasteiger partial charge in [0.1, 0.15) is 5.69 Å². The van der Waals surface area contributed by atoms with Crippen molar-refractivity contribution in [3.05, 3.63) is 52.5 Å². The maximum absolute atomic E-state index is 12.7. The summed E-state index contributed by atoms with van der Waals surface area (Å²) in [5.74, 6) is -0.807. The predicted octanol–water partition coefficient (Wildman–Crippen LogP) is 0.00349. The zero-order valence-electron chi connectivity index (χ0n) is 13.7. The summed E-state index contributed by atoms with van der Waals surface area (Å²) < 4.78 is 28.8. The van der Waals surface area contributed by atoms with E-state index in [2.05, 4.69) is 20.5 Å². The second-order valence-corrected chi connectivity index (χ2v) is 8.09. The molecule has 2 heterocycles. The summed E-state index contributed by atoms with van der Waals surface area (Å²) in [4.78, 5) is 28.1. The molecule has 26 heavy (non-hydrogen) atoms. The molecule has 1 atom stereocenters. The van der Waals surface area contributed by atoms with Crippen LogP contribution < -0.4 is 10.0 Å². The molecule has 1 saturated heterocycles. The Morgan fingerprint density at radius 2 is 2.15 bits per heavy atom. The van der Waals surface area contributed by atoms with Crippen LogP contribution in [-0.4, -0.2) is 55.1 Å². The first-order chi connectivity index (χ1) is 12.5. The van der Waals surface area contributed by atoms with Gasteiger partial charge in [0.2, 0.25) is 5.91 Å². The Morgan fingerprint density at radius 3 is 2.81 bits per heavy atom. The number of benzene rings is 1. The van der Waals surface area contributed by atoms with Crippen LogP contribution in [-0.2, 0) is 21.4 Å². The highest BCUT2D eigenvalue weighted by Crippen LogP contribution is 2.12. The number of hydrogen-bond donors (Lipinski definition) is 2. The summed E-state index contributed by atoms with van der Waals surface area (Å²) in [7, 11) is -4.00. The Balaban J connectivity index is 1.82. The van der Waals surface area contributed by atoms with E-state index in [1.807, 2.05) is 30.3 Å². The highest BCUT2D eigenvalue weighted by Gasteiger charge is 2.33. The van der Waals surface area contributed by atoms with Gasteiger partial charge in [-0.15, -0.1) is 11.3 Å². The number of nitrogens with zero attached hydrogens (tertiary/aromatic N) is 2. The second-order valence-electron chi connectivity index (χ2n) is 5.74. The Labute approximate surface area is 155 Å². The monoisotopic (exact) mass is 393 g/mol. The van der Waals surface area contributed by atoms with Gasteiger partial charge in [-0.05, 0) is 12.0 Å². The van der Waals surface area contributed by atoms with Crippen molar-refractivity contribution in [2.75, 3.05) is 19.6 Å². The summed E-state index contributed by atoms with van der Waals surface area (Å²) in [6, 6.07) is 8.08. The molecule has 1 aromatic carbocycles. The smallest absolute Gasteiger partial charge is 0.280 e. The van der Waals surface area contributed by atoms with Gasteiger partial charge in [-0.1, -0.05) is 30.3 Å². The minimum absolute atomic E-state index is 0.151. The van der Waals surface area contributed by atoms with Crippen LogP contribution in [0.2, 0.25) is 0 Å². The van der Waals surface area contributed by atoms with Gasteiger partial charge in [0.25, 0.3) is 10.2 Å². The topological polar surface area (TPSA) is 108 Å². The number of nitrogens with one attached hydrogen (secondary N) is 2. The highest BCUT2D eigenvalue weighted by molar-refractivity contribution is 7.87. The molecule has 0 unspecified atom stereocenters. The van der Waals surface area contributed by atoms with Crippen molar-refractivity contribution < 1.29 is 18.0 Å². The number of carbonyl (C=O) groups is 2. The molecule has 1 aliphatic rings. The van der Waals surface area contributed by atoms with E-state index in [4.69, 9.17) is 0 Å². The number of thiazole rings is 1. The van der Waals surface area contributed by atoms with Gasteiger partial charge in [0, 0.05) is 18.5 Å². The van der Waals surface area contributed by atoms with Crippen molar-refractivity contribution in [2.45, 2.75) is 12.5 Å². The second kappa shape index (κ2) is 8.04. The largest absolute Gasteiger partial charge is 0.354 e. The van der Waals surface area contributed by atoms with Gasteiger partial charge in [0.15, 0.2) is 11.3 Å². The standard InChI is InChI=1S/C16H17N4O4S2/c21-15-9-20(7-6-17-15)26(23,24)19-13(8-12-4-2-1-3-5-12)16(22)14-10-25-11-18-14/h1-5,10,13,19H,6-9H2,(H,17,21)/t13-/m0/s1. The summed E-state index contributed by atoms with van der Waals surface area (Å²) in [6.45, 7) is 0.113. The molecule has 1 fully saturated rings. The zero-order chi connectivity index (χ0) is 18.6. The first-order valence-corrected chi connectivity index (χ1v) is 10.2. The number of carbonyl (C=O) groups excluding carboxylic acids is 2. The third kappa shape index (κ3) is 4.52. The molecular weight excluding hydrogens is 376 g/mol. The predicted molar refractivity (Wildman–Crippen MR) is 95.9 cm³/mol. The van der Waals surface area contributed by atoms with Gasteiger partial charge < -0.3 is 5.32 Å². The first-order valence-electron chi connectivity index (χ1n) is 7.89. The van der Waals surface area contributed by atoms with Gasteiger partial charge >= 0.3 is 0 Å². The average molecular weight is 393 g/mol. The summed E-state index contributed by atoms with van der Waals surface area (Å²) in [5.41, 5.74) is 3.56. The van der Waals surface area contributed by atoms with Crippen LogP contribution in [0.5, 0.6) is 0 Å². The third-order valence-electron chi connectivity index (χ3n) is 3.88. The van der Waals surface area contributed by atoms with E-state index in [1.165, 1.54) is 5.38 Å². The van der Waals surface area contributed by atoms with Gasteiger partial charge in [0.05, 0.1) is 12.6 Å². The van der Waals surface area contributed by atoms with E-state index in [1.54, 1.807) is 0 Å². The van der Waals surface area contributed by atoms with Crippen LogP contribution in [0.25, 0.3) is 0 Å². The van der Waals surface area contributed by atoms with E-state index in [0.717, 1.165) is 21.2 Å². The maximum atomic E-state index is 12.7. The number of Topliss-reactive ketones (excluding diaryl/α,β-unsaturated/α-hetero) is 1. The van der Waals surface area contributed by atoms with Crippen LogP contribution in [0.1, 0.15) is 16.1 Å². The molecule has 1 aliphatic heterocycles. The molecule has 10 heteroatoms. The number of rotatable bonds is 7. The molecule has 2 N–H and O–H groups in total. The van der Waals surface area contributed by atoms with Crippen molar-refractivity contribution in [2.24, 2.45) is 0 Å². The van der Waals surface area contributed by atoms with Crippen LogP contribution in [0, 0.1) is 5.51 Å². The fourth-order valence-electron chi connectivity index (χ4n) is 2.59. The molecule has 0 spiro atoms. The molecular formula is C16H17N4O4S2. The lowest BCUT2D eigenvalue weighted by Gasteiger charge is -2.28. The van der Waals surface area contributed by atoms with Crippen molar-refractivity contribution in [1.82, 2.24) is 19.3 Å². The summed E-state index contributed by atoms with van der Waals surface area (Å²) in [5, 5.41) is 4.10.